The van der Waals surface area contributed by atoms with Crippen LogP contribution in [0.25, 0.3) is 11.0 Å². The van der Waals surface area contributed by atoms with Crippen LogP contribution >= 0.6 is 15.9 Å². The summed E-state index contributed by atoms with van der Waals surface area (Å²) >= 11 is 3.49. The molecule has 0 saturated carbocycles. The molecule has 90 valence electrons. The smallest absolute Gasteiger partial charge is 0.267 e. The molecule has 5 heteroatoms. The van der Waals surface area contributed by atoms with Gasteiger partial charge >= 0.3 is 0 Å². The minimum atomic E-state index is -0.500. The molecule has 2 aromatic heterocycles. The average molecular weight is 296 g/mol. The number of hydrogen-bond donors (Lipinski definition) is 1. The zero-order valence-electron chi connectivity index (χ0n) is 9.77. The third kappa shape index (κ3) is 2.34. The lowest BCUT2D eigenvalue weighted by Crippen LogP contribution is -2.13. The number of carbonyl (C=O) groups excluding carboxylic acids is 1. The summed E-state index contributed by atoms with van der Waals surface area (Å²) < 4.78 is 3.02. The summed E-state index contributed by atoms with van der Waals surface area (Å²) in [5.41, 5.74) is 6.33. The minimum Gasteiger partial charge on any atom is -0.364 e. The Morgan fingerprint density at radius 3 is 2.82 bits per heavy atom. The van der Waals surface area contributed by atoms with Crippen LogP contribution in [-0.4, -0.2) is 15.5 Å². The Morgan fingerprint density at radius 2 is 2.24 bits per heavy atom. The quantitative estimate of drug-likeness (QED) is 0.946. The highest BCUT2D eigenvalue weighted by Gasteiger charge is 2.11. The summed E-state index contributed by atoms with van der Waals surface area (Å²) in [6, 6.07) is 3.51. The number of fused-ring (bicyclic) bond motifs is 1. The Kier molecular flexibility index (Phi) is 3.19. The molecule has 2 N–H and O–H groups in total. The first-order chi connectivity index (χ1) is 7.99. The van der Waals surface area contributed by atoms with E-state index in [0.29, 0.717) is 11.6 Å². The van der Waals surface area contributed by atoms with Crippen LogP contribution in [0.1, 0.15) is 24.3 Å². The fraction of sp³-hybridized carbons (Fsp3) is 0.333. The van der Waals surface area contributed by atoms with Crippen molar-refractivity contribution in [3.8, 4) is 0 Å². The second-order valence-electron chi connectivity index (χ2n) is 4.46. The van der Waals surface area contributed by atoms with Crippen LogP contribution in [0, 0.1) is 5.92 Å². The van der Waals surface area contributed by atoms with E-state index in [4.69, 9.17) is 5.73 Å². The summed E-state index contributed by atoms with van der Waals surface area (Å²) in [6.45, 7) is 5.13. The predicted molar refractivity (Wildman–Crippen MR) is 70.8 cm³/mol. The largest absolute Gasteiger partial charge is 0.364 e. The molecule has 17 heavy (non-hydrogen) atoms. The molecule has 0 spiro atoms. The van der Waals surface area contributed by atoms with Gasteiger partial charge in [0.2, 0.25) is 0 Å². The van der Waals surface area contributed by atoms with E-state index in [2.05, 4.69) is 34.8 Å². The highest BCUT2D eigenvalue weighted by Crippen LogP contribution is 2.25. The molecule has 0 fully saturated rings. The van der Waals surface area contributed by atoms with Crippen molar-refractivity contribution in [3.05, 3.63) is 28.5 Å². The van der Waals surface area contributed by atoms with Crippen LogP contribution in [0.4, 0.5) is 0 Å². The number of nitrogens with zero attached hydrogens (tertiary/aromatic N) is 2. The minimum absolute atomic E-state index is 0.299. The maximum absolute atomic E-state index is 11.1. The molecule has 0 aliphatic heterocycles. The van der Waals surface area contributed by atoms with Crippen LogP contribution in [-0.2, 0) is 6.54 Å². The summed E-state index contributed by atoms with van der Waals surface area (Å²) in [5.74, 6) is 0.0110. The summed E-state index contributed by atoms with van der Waals surface area (Å²) in [4.78, 5) is 15.4. The number of nitrogens with two attached hydrogens (primary N) is 1. The lowest BCUT2D eigenvalue weighted by atomic mass is 10.2. The van der Waals surface area contributed by atoms with Gasteiger partial charge in [-0.3, -0.25) is 4.79 Å². The maximum Gasteiger partial charge on any atom is 0.267 e. The third-order valence-corrected chi connectivity index (χ3v) is 3.12. The number of primary amides is 1. The summed E-state index contributed by atoms with van der Waals surface area (Å²) in [5, 5.41) is 0.996. The van der Waals surface area contributed by atoms with Crippen molar-refractivity contribution in [1.29, 1.82) is 0 Å². The molecule has 0 aliphatic carbocycles. The van der Waals surface area contributed by atoms with E-state index in [0.717, 1.165) is 22.1 Å². The molecule has 1 amide bonds. The zero-order valence-corrected chi connectivity index (χ0v) is 11.4. The van der Waals surface area contributed by atoms with Crippen molar-refractivity contribution in [1.82, 2.24) is 9.55 Å². The monoisotopic (exact) mass is 295 g/mol. The molecular weight excluding hydrogens is 282 g/mol. The zero-order chi connectivity index (χ0) is 12.6. The van der Waals surface area contributed by atoms with Crippen molar-refractivity contribution >= 4 is 32.9 Å². The SMILES string of the molecule is CC(C)Cn1cc(Br)c2ccc(C(N)=O)nc21. The molecule has 2 heterocycles. The van der Waals surface area contributed by atoms with Gasteiger partial charge in [-0.15, -0.1) is 0 Å². The summed E-state index contributed by atoms with van der Waals surface area (Å²) in [7, 11) is 0. The van der Waals surface area contributed by atoms with E-state index in [1.165, 1.54) is 0 Å². The third-order valence-electron chi connectivity index (χ3n) is 2.49. The summed E-state index contributed by atoms with van der Waals surface area (Å²) in [6.07, 6.45) is 1.99. The van der Waals surface area contributed by atoms with Crippen LogP contribution in [0.15, 0.2) is 22.8 Å². The van der Waals surface area contributed by atoms with Crippen molar-refractivity contribution in [2.24, 2.45) is 11.7 Å². The predicted octanol–water partition coefficient (Wildman–Crippen LogP) is 2.55. The van der Waals surface area contributed by atoms with E-state index >= 15 is 0 Å². The number of halogens is 1. The fourth-order valence-corrected chi connectivity index (χ4v) is 2.35. The Balaban J connectivity index is 2.60. The van der Waals surface area contributed by atoms with Crippen LogP contribution in [0.3, 0.4) is 0 Å². The molecular formula is C12H14BrN3O. The highest BCUT2D eigenvalue weighted by molar-refractivity contribution is 9.10. The van der Waals surface area contributed by atoms with Gasteiger partial charge in [0, 0.05) is 22.6 Å². The first kappa shape index (κ1) is 12.1. The number of rotatable bonds is 3. The Morgan fingerprint density at radius 1 is 1.53 bits per heavy atom. The van der Waals surface area contributed by atoms with Gasteiger partial charge in [0.05, 0.1) is 0 Å². The average Bonchev–Trinajstić information content (AvgIpc) is 2.54. The van der Waals surface area contributed by atoms with E-state index in [-0.39, 0.29) is 0 Å². The van der Waals surface area contributed by atoms with Gasteiger partial charge in [-0.2, -0.15) is 0 Å². The standard InChI is InChI=1S/C12H14BrN3O/c1-7(2)5-16-6-9(13)8-3-4-10(11(14)17)15-12(8)16/h3-4,6-7H,5H2,1-2H3,(H2,14,17). The molecule has 2 rings (SSSR count). The normalized spacial score (nSPS) is 11.3. The van der Waals surface area contributed by atoms with Crippen molar-refractivity contribution in [2.75, 3.05) is 0 Å². The Hall–Kier alpha value is -1.36. The molecule has 0 aromatic carbocycles. The van der Waals surface area contributed by atoms with Crippen LogP contribution < -0.4 is 5.73 Å². The number of hydrogen-bond acceptors (Lipinski definition) is 2. The molecule has 2 aromatic rings. The molecule has 0 bridgehead atoms. The van der Waals surface area contributed by atoms with Gasteiger partial charge in [-0.05, 0) is 34.0 Å². The number of amides is 1. The first-order valence-electron chi connectivity index (χ1n) is 5.44. The van der Waals surface area contributed by atoms with Crippen LogP contribution in [0.2, 0.25) is 0 Å². The van der Waals surface area contributed by atoms with Crippen molar-refractivity contribution in [2.45, 2.75) is 20.4 Å². The maximum atomic E-state index is 11.1. The van der Waals surface area contributed by atoms with E-state index in [1.54, 1.807) is 6.07 Å². The van der Waals surface area contributed by atoms with Crippen LogP contribution in [0.5, 0.6) is 0 Å². The van der Waals surface area contributed by atoms with Gasteiger partial charge in [0.15, 0.2) is 0 Å². The van der Waals surface area contributed by atoms with Gasteiger partial charge in [-0.1, -0.05) is 13.8 Å². The Bertz CT molecular complexity index is 574. The van der Waals surface area contributed by atoms with E-state index in [1.807, 2.05) is 16.8 Å². The second-order valence-corrected chi connectivity index (χ2v) is 5.31. The lowest BCUT2D eigenvalue weighted by molar-refractivity contribution is 0.0996. The Labute approximate surface area is 108 Å². The van der Waals surface area contributed by atoms with Gasteiger partial charge < -0.3 is 10.3 Å². The molecule has 4 nitrogen and oxygen atoms in total. The lowest BCUT2D eigenvalue weighted by Gasteiger charge is -2.07. The fourth-order valence-electron chi connectivity index (χ4n) is 1.79. The molecule has 0 aliphatic rings. The number of carbonyl (C=O) groups is 1. The van der Waals surface area contributed by atoms with Crippen molar-refractivity contribution < 1.29 is 4.79 Å². The molecule has 0 saturated heterocycles. The first-order valence-corrected chi connectivity index (χ1v) is 6.23. The molecule has 0 unspecified atom stereocenters. The van der Waals surface area contributed by atoms with E-state index in [9.17, 15) is 4.79 Å². The number of aromatic nitrogens is 2. The van der Waals surface area contributed by atoms with Gasteiger partial charge in [-0.25, -0.2) is 4.98 Å². The van der Waals surface area contributed by atoms with Gasteiger partial charge in [0.1, 0.15) is 11.3 Å². The molecule has 0 radical (unpaired) electrons. The topological polar surface area (TPSA) is 60.9 Å². The second kappa shape index (κ2) is 4.49. The molecule has 0 atom stereocenters. The number of pyridine rings is 1. The van der Waals surface area contributed by atoms with Gasteiger partial charge in [0.25, 0.3) is 5.91 Å². The van der Waals surface area contributed by atoms with Crippen molar-refractivity contribution in [3.63, 3.8) is 0 Å². The van der Waals surface area contributed by atoms with E-state index < -0.39 is 5.91 Å². The highest BCUT2D eigenvalue weighted by atomic mass is 79.9.